The molecule has 0 unspecified atom stereocenters. The van der Waals surface area contributed by atoms with Crippen LogP contribution in [0.3, 0.4) is 0 Å². The predicted octanol–water partition coefficient (Wildman–Crippen LogP) is 2.51. The van der Waals surface area contributed by atoms with E-state index in [0.717, 1.165) is 16.9 Å². The number of aromatic nitrogens is 2. The first kappa shape index (κ1) is 15.0. The molecule has 0 saturated heterocycles. The summed E-state index contributed by atoms with van der Waals surface area (Å²) in [5.74, 6) is -0.561. The molecule has 3 rings (SSSR count). The maximum absolute atomic E-state index is 12.1. The van der Waals surface area contributed by atoms with Crippen LogP contribution in [-0.4, -0.2) is 33.0 Å². The van der Waals surface area contributed by atoms with Gasteiger partial charge in [0.15, 0.2) is 0 Å². The van der Waals surface area contributed by atoms with Crippen LogP contribution in [0.15, 0.2) is 54.8 Å². The molecule has 0 atom stereocenters. The number of aryl methyl sites for hydroxylation is 1. The number of carbonyl (C=O) groups excluding carboxylic acids is 2. The lowest BCUT2D eigenvalue weighted by Gasteiger charge is -2.19. The van der Waals surface area contributed by atoms with Crippen LogP contribution in [0, 0.1) is 6.92 Å². The second-order valence-corrected chi connectivity index (χ2v) is 5.30. The Hall–Kier alpha value is -2.95. The minimum absolute atomic E-state index is 0.261. The Bertz CT molecular complexity index is 788. The van der Waals surface area contributed by atoms with E-state index in [9.17, 15) is 9.59 Å². The van der Waals surface area contributed by atoms with Gasteiger partial charge in [0.2, 0.25) is 0 Å². The van der Waals surface area contributed by atoms with E-state index in [4.69, 9.17) is 0 Å². The molecule has 0 aliphatic carbocycles. The van der Waals surface area contributed by atoms with Crippen LogP contribution in [0.5, 0.6) is 0 Å². The number of carbonyl (C=O) groups is 2. The fourth-order valence-corrected chi connectivity index (χ4v) is 2.41. The molecule has 0 fully saturated rings. The zero-order chi connectivity index (χ0) is 16.2. The van der Waals surface area contributed by atoms with Gasteiger partial charge in [0.1, 0.15) is 0 Å². The van der Waals surface area contributed by atoms with E-state index >= 15 is 0 Å². The Morgan fingerprint density at radius 3 is 2.78 bits per heavy atom. The Balaban J connectivity index is 1.78. The molecule has 5 heteroatoms. The highest BCUT2D eigenvalue weighted by molar-refractivity contribution is 6.06. The Labute approximate surface area is 134 Å². The fraction of sp³-hybridized carbons (Fsp3) is 0.167. The molecule has 1 aliphatic rings. The highest BCUT2D eigenvalue weighted by Gasteiger charge is 2.19. The molecule has 0 N–H and O–H groups in total. The van der Waals surface area contributed by atoms with Gasteiger partial charge < -0.3 is 0 Å². The van der Waals surface area contributed by atoms with Crippen molar-refractivity contribution in [3.63, 3.8) is 0 Å². The molecule has 1 aromatic carbocycles. The Morgan fingerprint density at radius 2 is 2.04 bits per heavy atom. The smallest absolute Gasteiger partial charge is 0.253 e. The number of amides is 2. The summed E-state index contributed by atoms with van der Waals surface area (Å²) in [7, 11) is 0. The summed E-state index contributed by atoms with van der Waals surface area (Å²) in [6.07, 6.45) is 8.92. The summed E-state index contributed by atoms with van der Waals surface area (Å²) < 4.78 is 1.77. The van der Waals surface area contributed by atoms with Gasteiger partial charge in [0.25, 0.3) is 11.8 Å². The quantitative estimate of drug-likeness (QED) is 0.819. The number of hydrogen-bond donors (Lipinski definition) is 0. The lowest BCUT2D eigenvalue weighted by Crippen LogP contribution is -2.37. The van der Waals surface area contributed by atoms with E-state index in [-0.39, 0.29) is 11.8 Å². The van der Waals surface area contributed by atoms with E-state index < -0.39 is 0 Å². The number of imide groups is 1. The van der Waals surface area contributed by atoms with E-state index in [0.29, 0.717) is 13.0 Å². The number of benzene rings is 1. The molecule has 0 spiro atoms. The third-order valence-corrected chi connectivity index (χ3v) is 3.67. The topological polar surface area (TPSA) is 55.2 Å². The van der Waals surface area contributed by atoms with Crippen molar-refractivity contribution in [3.05, 3.63) is 66.0 Å². The monoisotopic (exact) mass is 307 g/mol. The number of nitrogens with zero attached hydrogens (tertiary/aromatic N) is 3. The van der Waals surface area contributed by atoms with Crippen molar-refractivity contribution in [1.82, 2.24) is 14.7 Å². The highest BCUT2D eigenvalue weighted by Crippen LogP contribution is 2.13. The van der Waals surface area contributed by atoms with Crippen molar-refractivity contribution in [1.29, 1.82) is 0 Å². The van der Waals surface area contributed by atoms with Gasteiger partial charge >= 0.3 is 0 Å². The van der Waals surface area contributed by atoms with Crippen LogP contribution in [-0.2, 0) is 9.59 Å². The van der Waals surface area contributed by atoms with E-state index in [1.165, 1.54) is 17.1 Å². The summed E-state index contributed by atoms with van der Waals surface area (Å²) in [6.45, 7) is 2.32. The summed E-state index contributed by atoms with van der Waals surface area (Å²) in [6, 6.07) is 9.76. The molecular weight excluding hydrogens is 290 g/mol. The van der Waals surface area contributed by atoms with Crippen molar-refractivity contribution in [3.8, 4) is 5.69 Å². The Morgan fingerprint density at radius 1 is 1.26 bits per heavy atom. The molecule has 23 heavy (non-hydrogen) atoms. The molecule has 116 valence electrons. The molecule has 2 aromatic rings. The lowest BCUT2D eigenvalue weighted by atomic mass is 10.2. The van der Waals surface area contributed by atoms with E-state index in [2.05, 4.69) is 5.10 Å². The van der Waals surface area contributed by atoms with Gasteiger partial charge in [0.05, 0.1) is 11.4 Å². The maximum Gasteiger partial charge on any atom is 0.253 e. The van der Waals surface area contributed by atoms with Crippen molar-refractivity contribution >= 4 is 17.9 Å². The molecule has 5 nitrogen and oxygen atoms in total. The first-order valence-corrected chi connectivity index (χ1v) is 7.47. The first-order chi connectivity index (χ1) is 11.1. The van der Waals surface area contributed by atoms with Gasteiger partial charge in [-0.1, -0.05) is 24.3 Å². The zero-order valence-electron chi connectivity index (χ0n) is 12.8. The molecule has 0 saturated carbocycles. The predicted molar refractivity (Wildman–Crippen MR) is 87.8 cm³/mol. The van der Waals surface area contributed by atoms with E-state index in [1.807, 2.05) is 43.5 Å². The van der Waals surface area contributed by atoms with Gasteiger partial charge in [-0.05, 0) is 37.6 Å². The van der Waals surface area contributed by atoms with Crippen molar-refractivity contribution in [2.24, 2.45) is 0 Å². The summed E-state index contributed by atoms with van der Waals surface area (Å²) in [5.41, 5.74) is 2.63. The molecule has 0 radical (unpaired) electrons. The molecule has 2 amide bonds. The third kappa shape index (κ3) is 3.29. The summed E-state index contributed by atoms with van der Waals surface area (Å²) >= 11 is 0. The molecule has 0 bridgehead atoms. The van der Waals surface area contributed by atoms with Crippen LogP contribution in [0.25, 0.3) is 11.8 Å². The second kappa shape index (κ2) is 6.44. The average molecular weight is 307 g/mol. The normalized spacial score (nSPS) is 14.7. The minimum Gasteiger partial charge on any atom is -0.275 e. The maximum atomic E-state index is 12.1. The van der Waals surface area contributed by atoms with Crippen molar-refractivity contribution < 1.29 is 9.59 Å². The standard InChI is InChI=1S/C18H17N3O2/c1-14-15(13-21(19-14)16-7-3-2-4-8-16)10-11-18(23)20-12-6-5-9-17(20)22/h2-5,7-11,13H,6,12H2,1H3/b11-10+. The average Bonchev–Trinajstić information content (AvgIpc) is 2.95. The van der Waals surface area contributed by atoms with Crippen LogP contribution in [0.1, 0.15) is 17.7 Å². The van der Waals surface area contributed by atoms with Crippen molar-refractivity contribution in [2.45, 2.75) is 13.3 Å². The summed E-state index contributed by atoms with van der Waals surface area (Å²) in [5, 5.41) is 4.45. The van der Waals surface area contributed by atoms with Crippen LogP contribution in [0.2, 0.25) is 0 Å². The van der Waals surface area contributed by atoms with Gasteiger partial charge in [-0.3, -0.25) is 14.5 Å². The van der Waals surface area contributed by atoms with Gasteiger partial charge in [0, 0.05) is 24.4 Å². The highest BCUT2D eigenvalue weighted by atomic mass is 16.2. The first-order valence-electron chi connectivity index (χ1n) is 7.47. The largest absolute Gasteiger partial charge is 0.275 e. The van der Waals surface area contributed by atoms with Gasteiger partial charge in [-0.25, -0.2) is 4.68 Å². The second-order valence-electron chi connectivity index (χ2n) is 5.30. The number of hydrogen-bond acceptors (Lipinski definition) is 3. The Kier molecular flexibility index (Phi) is 4.19. The number of rotatable bonds is 3. The number of para-hydroxylation sites is 1. The summed E-state index contributed by atoms with van der Waals surface area (Å²) in [4.78, 5) is 25.0. The fourth-order valence-electron chi connectivity index (χ4n) is 2.41. The van der Waals surface area contributed by atoms with Crippen LogP contribution < -0.4 is 0 Å². The van der Waals surface area contributed by atoms with Crippen LogP contribution >= 0.6 is 0 Å². The van der Waals surface area contributed by atoms with Crippen molar-refractivity contribution in [2.75, 3.05) is 6.54 Å². The minimum atomic E-state index is -0.300. The van der Waals surface area contributed by atoms with Crippen LogP contribution in [0.4, 0.5) is 0 Å². The molecule has 1 aromatic heterocycles. The molecule has 2 heterocycles. The SMILES string of the molecule is Cc1nn(-c2ccccc2)cc1/C=C/C(=O)N1CCC=CC1=O. The molecular formula is C18H17N3O2. The zero-order valence-corrected chi connectivity index (χ0v) is 12.8. The van der Waals surface area contributed by atoms with E-state index in [1.54, 1.807) is 16.8 Å². The third-order valence-electron chi connectivity index (χ3n) is 3.67. The lowest BCUT2D eigenvalue weighted by molar-refractivity contribution is -0.139. The molecule has 1 aliphatic heterocycles. The van der Waals surface area contributed by atoms with Gasteiger partial charge in [-0.15, -0.1) is 0 Å². The van der Waals surface area contributed by atoms with Gasteiger partial charge in [-0.2, -0.15) is 5.10 Å².